The molecule has 21 heavy (non-hydrogen) atoms. The Hall–Kier alpha value is -2.09. The first-order valence-electron chi connectivity index (χ1n) is 6.46. The molecule has 1 aliphatic carbocycles. The molecule has 0 bridgehead atoms. The molecule has 1 amide bonds. The number of carbonyl (C=O) groups is 1. The molecule has 1 aromatic rings. The molecule has 1 aliphatic rings. The van der Waals surface area contributed by atoms with Crippen LogP contribution in [0.5, 0.6) is 0 Å². The van der Waals surface area contributed by atoms with Crippen LogP contribution in [-0.2, 0) is 4.79 Å². The van der Waals surface area contributed by atoms with Gasteiger partial charge in [0.15, 0.2) is 0 Å². The number of nitrogens with two attached hydrogens (primary N) is 1. The minimum atomic E-state index is -1.29. The van der Waals surface area contributed by atoms with Gasteiger partial charge in [0.2, 0.25) is 11.7 Å². The van der Waals surface area contributed by atoms with Gasteiger partial charge in [-0.1, -0.05) is 6.42 Å². The molecule has 8 heteroatoms. The Morgan fingerprint density at radius 3 is 2.67 bits per heavy atom. The second-order valence-corrected chi connectivity index (χ2v) is 5.41. The topological polar surface area (TPSA) is 98.3 Å². The van der Waals surface area contributed by atoms with Crippen LogP contribution >= 0.6 is 0 Å². The van der Waals surface area contributed by atoms with Crippen molar-refractivity contribution in [3.8, 4) is 0 Å². The summed E-state index contributed by atoms with van der Waals surface area (Å²) in [6.07, 6.45) is 2.00. The monoisotopic (exact) mass is 299 g/mol. The van der Waals surface area contributed by atoms with Crippen LogP contribution in [-0.4, -0.2) is 16.9 Å². The Bertz CT molecular complexity index is 609. The number of hydrogen-bond donors (Lipinski definition) is 2. The molecule has 0 spiro atoms. The number of amides is 1. The molecular formula is C13H15F2N3O3. The summed E-state index contributed by atoms with van der Waals surface area (Å²) < 4.78 is 26.9. The van der Waals surface area contributed by atoms with Crippen molar-refractivity contribution in [3.63, 3.8) is 0 Å². The van der Waals surface area contributed by atoms with Crippen molar-refractivity contribution in [2.75, 3.05) is 5.32 Å². The summed E-state index contributed by atoms with van der Waals surface area (Å²) in [5, 5.41) is 12.9. The maximum Gasteiger partial charge on any atom is 0.307 e. The van der Waals surface area contributed by atoms with Crippen molar-refractivity contribution in [1.29, 1.82) is 0 Å². The van der Waals surface area contributed by atoms with Crippen LogP contribution in [0.25, 0.3) is 0 Å². The molecule has 1 fully saturated rings. The molecule has 0 saturated heterocycles. The van der Waals surface area contributed by atoms with E-state index in [2.05, 4.69) is 5.32 Å². The molecule has 2 unspecified atom stereocenters. The Morgan fingerprint density at radius 2 is 2.14 bits per heavy atom. The third-order valence-corrected chi connectivity index (χ3v) is 4.03. The lowest BCUT2D eigenvalue weighted by Crippen LogP contribution is -2.44. The quantitative estimate of drug-likeness (QED) is 0.661. The summed E-state index contributed by atoms with van der Waals surface area (Å²) in [5.41, 5.74) is 3.70. The van der Waals surface area contributed by atoms with E-state index in [0.717, 1.165) is 6.42 Å². The highest BCUT2D eigenvalue weighted by molar-refractivity contribution is 5.96. The molecule has 6 nitrogen and oxygen atoms in total. The molecule has 3 N–H and O–H groups in total. The zero-order chi connectivity index (χ0) is 15.8. The van der Waals surface area contributed by atoms with Gasteiger partial charge in [-0.3, -0.25) is 14.9 Å². The van der Waals surface area contributed by atoms with Gasteiger partial charge < -0.3 is 11.1 Å². The zero-order valence-electron chi connectivity index (χ0n) is 11.4. The Kier molecular flexibility index (Phi) is 3.91. The number of rotatable bonds is 3. The minimum Gasteiger partial charge on any atom is -0.327 e. The standard InChI is InChI=1S/C13H15F2N3O3/c1-13(4-2-3-11(13)16)12(19)17-9-6-10(18(20)21)8(15)5-7(9)14/h5-6,11H,2-4,16H2,1H3,(H,17,19). The number of halogens is 2. The average Bonchev–Trinajstić information content (AvgIpc) is 2.73. The fourth-order valence-corrected chi connectivity index (χ4v) is 2.51. The number of anilines is 1. The lowest BCUT2D eigenvalue weighted by Gasteiger charge is -2.27. The predicted molar refractivity (Wildman–Crippen MR) is 71.6 cm³/mol. The molecule has 2 rings (SSSR count). The van der Waals surface area contributed by atoms with Crippen molar-refractivity contribution in [2.45, 2.75) is 32.2 Å². The Morgan fingerprint density at radius 1 is 1.48 bits per heavy atom. The Balaban J connectivity index is 2.29. The van der Waals surface area contributed by atoms with Crippen molar-refractivity contribution in [2.24, 2.45) is 11.1 Å². The summed E-state index contributed by atoms with van der Waals surface area (Å²) in [4.78, 5) is 21.9. The fourth-order valence-electron chi connectivity index (χ4n) is 2.51. The summed E-state index contributed by atoms with van der Waals surface area (Å²) in [6.45, 7) is 1.66. The first-order valence-corrected chi connectivity index (χ1v) is 6.46. The van der Waals surface area contributed by atoms with Gasteiger partial charge in [-0.25, -0.2) is 4.39 Å². The van der Waals surface area contributed by atoms with Crippen molar-refractivity contribution >= 4 is 17.3 Å². The van der Waals surface area contributed by atoms with Gasteiger partial charge in [0.05, 0.1) is 16.0 Å². The number of nitro groups is 1. The van der Waals surface area contributed by atoms with Crippen LogP contribution < -0.4 is 11.1 Å². The van der Waals surface area contributed by atoms with E-state index < -0.39 is 39.3 Å². The number of benzene rings is 1. The van der Waals surface area contributed by atoms with Gasteiger partial charge in [-0.2, -0.15) is 4.39 Å². The predicted octanol–water partition coefficient (Wildman–Crippen LogP) is 2.33. The highest BCUT2D eigenvalue weighted by Crippen LogP contribution is 2.38. The highest BCUT2D eigenvalue weighted by atomic mass is 19.1. The number of nitrogens with one attached hydrogen (secondary N) is 1. The molecule has 2 atom stereocenters. The SMILES string of the molecule is CC1(C(=O)Nc2cc([N+](=O)[O-])c(F)cc2F)CCCC1N. The molecule has 1 saturated carbocycles. The van der Waals surface area contributed by atoms with Crippen LogP contribution in [0, 0.1) is 27.2 Å². The van der Waals surface area contributed by atoms with Crippen LogP contribution in [0.3, 0.4) is 0 Å². The number of hydrogen-bond acceptors (Lipinski definition) is 4. The van der Waals surface area contributed by atoms with Gasteiger partial charge in [-0.05, 0) is 19.8 Å². The van der Waals surface area contributed by atoms with E-state index in [1.165, 1.54) is 0 Å². The summed E-state index contributed by atoms with van der Waals surface area (Å²) in [5.74, 6) is -2.88. The largest absolute Gasteiger partial charge is 0.327 e. The van der Waals surface area contributed by atoms with Gasteiger partial charge in [0.1, 0.15) is 5.82 Å². The van der Waals surface area contributed by atoms with Crippen LogP contribution in [0.15, 0.2) is 12.1 Å². The van der Waals surface area contributed by atoms with Crippen LogP contribution in [0.4, 0.5) is 20.2 Å². The van der Waals surface area contributed by atoms with Gasteiger partial charge in [0.25, 0.3) is 0 Å². The first-order chi connectivity index (χ1) is 9.75. The average molecular weight is 299 g/mol. The lowest BCUT2D eigenvalue weighted by atomic mass is 9.84. The second-order valence-electron chi connectivity index (χ2n) is 5.41. The highest BCUT2D eigenvalue weighted by Gasteiger charge is 2.43. The molecule has 0 aromatic heterocycles. The van der Waals surface area contributed by atoms with E-state index in [9.17, 15) is 23.7 Å². The smallest absolute Gasteiger partial charge is 0.307 e. The number of nitrogens with zero attached hydrogens (tertiary/aromatic N) is 1. The van der Waals surface area contributed by atoms with Gasteiger partial charge >= 0.3 is 5.69 Å². The molecule has 114 valence electrons. The van der Waals surface area contributed by atoms with E-state index in [-0.39, 0.29) is 6.04 Å². The van der Waals surface area contributed by atoms with E-state index in [1.807, 2.05) is 0 Å². The zero-order valence-corrected chi connectivity index (χ0v) is 11.4. The van der Waals surface area contributed by atoms with Gasteiger partial charge in [-0.15, -0.1) is 0 Å². The molecule has 0 radical (unpaired) electrons. The fraction of sp³-hybridized carbons (Fsp3) is 0.462. The maximum absolute atomic E-state index is 13.7. The number of nitro benzene ring substituents is 1. The minimum absolute atomic E-state index is 0.365. The summed E-state index contributed by atoms with van der Waals surface area (Å²) >= 11 is 0. The van der Waals surface area contributed by atoms with E-state index in [0.29, 0.717) is 25.0 Å². The van der Waals surface area contributed by atoms with Crippen molar-refractivity contribution in [1.82, 2.24) is 0 Å². The van der Waals surface area contributed by atoms with Crippen LogP contribution in [0.2, 0.25) is 0 Å². The van der Waals surface area contributed by atoms with Gasteiger partial charge in [0, 0.05) is 18.2 Å². The lowest BCUT2D eigenvalue weighted by molar-refractivity contribution is -0.387. The second kappa shape index (κ2) is 5.36. The summed E-state index contributed by atoms with van der Waals surface area (Å²) in [6, 6.07) is 0.688. The third-order valence-electron chi connectivity index (χ3n) is 4.03. The normalized spacial score (nSPS) is 24.9. The molecule has 1 aromatic carbocycles. The first kappa shape index (κ1) is 15.3. The maximum atomic E-state index is 13.7. The number of carbonyl (C=O) groups excluding carboxylic acids is 1. The Labute approximate surface area is 119 Å². The van der Waals surface area contributed by atoms with E-state index >= 15 is 0 Å². The van der Waals surface area contributed by atoms with E-state index in [1.54, 1.807) is 6.92 Å². The summed E-state index contributed by atoms with van der Waals surface area (Å²) in [7, 11) is 0. The molecular weight excluding hydrogens is 284 g/mol. The van der Waals surface area contributed by atoms with Crippen LogP contribution in [0.1, 0.15) is 26.2 Å². The molecule has 0 aliphatic heterocycles. The molecule has 0 heterocycles. The third kappa shape index (κ3) is 2.71. The van der Waals surface area contributed by atoms with Crippen molar-refractivity contribution in [3.05, 3.63) is 33.9 Å². The van der Waals surface area contributed by atoms with E-state index in [4.69, 9.17) is 5.73 Å². The van der Waals surface area contributed by atoms with Crippen molar-refractivity contribution < 1.29 is 18.5 Å².